The maximum absolute atomic E-state index is 12.3. The van der Waals surface area contributed by atoms with Crippen LogP contribution in [0.1, 0.15) is 25.7 Å². The zero-order valence-corrected chi connectivity index (χ0v) is 13.6. The van der Waals surface area contributed by atoms with Crippen molar-refractivity contribution in [3.63, 3.8) is 0 Å². The van der Waals surface area contributed by atoms with Gasteiger partial charge in [0.1, 0.15) is 12.6 Å². The van der Waals surface area contributed by atoms with Crippen molar-refractivity contribution in [1.29, 1.82) is 0 Å². The number of carboxylic acid groups (broad SMARTS) is 2. The number of hydrogen-bond acceptors (Lipinski definition) is 6. The first-order valence-electron chi connectivity index (χ1n) is 7.76. The number of carbonyl (C=O) groups is 5. The van der Waals surface area contributed by atoms with E-state index in [2.05, 4.69) is 10.6 Å². The molecule has 0 aromatic heterocycles. The molecule has 0 aromatic rings. The van der Waals surface area contributed by atoms with Crippen LogP contribution < -0.4 is 16.4 Å². The molecule has 1 aliphatic rings. The van der Waals surface area contributed by atoms with Crippen LogP contribution >= 0.6 is 0 Å². The Balaban J connectivity index is 2.51. The third kappa shape index (κ3) is 6.75. The number of rotatable bonds is 9. The van der Waals surface area contributed by atoms with Gasteiger partial charge in [-0.1, -0.05) is 0 Å². The Morgan fingerprint density at radius 3 is 2.36 bits per heavy atom. The lowest BCUT2D eigenvalue weighted by molar-refractivity contribution is -0.141. The third-order valence-corrected chi connectivity index (χ3v) is 3.68. The minimum atomic E-state index is -1.21. The van der Waals surface area contributed by atoms with Crippen molar-refractivity contribution in [3.05, 3.63) is 0 Å². The van der Waals surface area contributed by atoms with Gasteiger partial charge in [0.05, 0.1) is 12.6 Å². The third-order valence-electron chi connectivity index (χ3n) is 3.68. The number of carbonyl (C=O) groups excluding carboxylic acids is 3. The van der Waals surface area contributed by atoms with E-state index in [9.17, 15) is 24.0 Å². The number of carboxylic acids is 2. The van der Waals surface area contributed by atoms with E-state index in [0.717, 1.165) is 0 Å². The molecule has 0 bridgehead atoms. The monoisotopic (exact) mass is 358 g/mol. The summed E-state index contributed by atoms with van der Waals surface area (Å²) in [6.45, 7) is -0.639. The molecule has 140 valence electrons. The first-order chi connectivity index (χ1) is 11.7. The van der Waals surface area contributed by atoms with Gasteiger partial charge in [-0.05, 0) is 19.3 Å². The number of hydrogen-bond donors (Lipinski definition) is 5. The standard InChI is InChI=1S/C14H22N4O7/c15-8(3-4-11(20)21)14(25)18-5-1-2-9(18)13(24)17-6-10(19)16-7-12(22)23/h8-9H,1-7,15H2,(H,16,19)(H,17,24)(H,20,21)(H,22,23). The van der Waals surface area contributed by atoms with Crippen molar-refractivity contribution < 1.29 is 34.2 Å². The zero-order chi connectivity index (χ0) is 19.0. The Hall–Kier alpha value is -2.69. The Bertz CT molecular complexity index is 551. The minimum absolute atomic E-state index is 0.0312. The number of amides is 3. The number of likely N-dealkylation sites (tertiary alicyclic amines) is 1. The fourth-order valence-electron chi connectivity index (χ4n) is 2.44. The van der Waals surface area contributed by atoms with Gasteiger partial charge in [-0.15, -0.1) is 0 Å². The molecule has 0 radical (unpaired) electrons. The van der Waals surface area contributed by atoms with E-state index in [1.54, 1.807) is 0 Å². The maximum atomic E-state index is 12.3. The van der Waals surface area contributed by atoms with Gasteiger partial charge in [-0.2, -0.15) is 0 Å². The quantitative estimate of drug-likeness (QED) is 0.300. The summed E-state index contributed by atoms with van der Waals surface area (Å²) in [5.41, 5.74) is 5.69. The zero-order valence-electron chi connectivity index (χ0n) is 13.6. The van der Waals surface area contributed by atoms with Gasteiger partial charge in [0.2, 0.25) is 17.7 Å². The average molecular weight is 358 g/mol. The molecule has 0 spiro atoms. The molecule has 0 aliphatic carbocycles. The molecule has 1 rings (SSSR count). The molecule has 11 nitrogen and oxygen atoms in total. The summed E-state index contributed by atoms with van der Waals surface area (Å²) in [5.74, 6) is -3.98. The van der Waals surface area contributed by atoms with Gasteiger partial charge in [0, 0.05) is 13.0 Å². The van der Waals surface area contributed by atoms with E-state index in [1.165, 1.54) is 4.90 Å². The van der Waals surface area contributed by atoms with E-state index in [0.29, 0.717) is 19.4 Å². The Kier molecular flexibility index (Phi) is 7.79. The summed E-state index contributed by atoms with van der Waals surface area (Å²) in [6, 6.07) is -1.79. The van der Waals surface area contributed by atoms with E-state index in [-0.39, 0.29) is 12.8 Å². The SMILES string of the molecule is NC(CCC(=O)O)C(=O)N1CCCC1C(=O)NCC(=O)NCC(=O)O. The van der Waals surface area contributed by atoms with Crippen LogP contribution in [0.3, 0.4) is 0 Å². The molecule has 1 fully saturated rings. The highest BCUT2D eigenvalue weighted by Gasteiger charge is 2.36. The highest BCUT2D eigenvalue weighted by Crippen LogP contribution is 2.19. The summed E-state index contributed by atoms with van der Waals surface area (Å²) in [5, 5.41) is 21.5. The van der Waals surface area contributed by atoms with Crippen molar-refractivity contribution in [3.8, 4) is 0 Å². The number of nitrogens with one attached hydrogen (secondary N) is 2. The molecule has 11 heteroatoms. The minimum Gasteiger partial charge on any atom is -0.481 e. The van der Waals surface area contributed by atoms with Crippen molar-refractivity contribution >= 4 is 29.7 Å². The number of aliphatic carboxylic acids is 2. The lowest BCUT2D eigenvalue weighted by Crippen LogP contribution is -2.52. The van der Waals surface area contributed by atoms with Crippen LogP contribution in [0, 0.1) is 0 Å². The van der Waals surface area contributed by atoms with Gasteiger partial charge in [-0.25, -0.2) is 0 Å². The largest absolute Gasteiger partial charge is 0.481 e. The van der Waals surface area contributed by atoms with E-state index >= 15 is 0 Å². The Labute approximate surface area is 143 Å². The van der Waals surface area contributed by atoms with Crippen LogP contribution in [0.15, 0.2) is 0 Å². The van der Waals surface area contributed by atoms with Gasteiger partial charge in [0.15, 0.2) is 0 Å². The summed E-state index contributed by atoms with van der Waals surface area (Å²) in [6.07, 6.45) is 0.707. The molecule has 25 heavy (non-hydrogen) atoms. The lowest BCUT2D eigenvalue weighted by Gasteiger charge is -2.26. The number of nitrogens with zero attached hydrogens (tertiary/aromatic N) is 1. The predicted octanol–water partition coefficient (Wildman–Crippen LogP) is -2.51. The second-order valence-electron chi connectivity index (χ2n) is 5.62. The smallest absolute Gasteiger partial charge is 0.322 e. The molecular weight excluding hydrogens is 336 g/mol. The molecule has 1 saturated heterocycles. The number of nitrogens with two attached hydrogens (primary N) is 1. The molecule has 6 N–H and O–H groups in total. The molecule has 2 atom stereocenters. The van der Waals surface area contributed by atoms with Crippen LogP contribution in [0.2, 0.25) is 0 Å². The first kappa shape index (κ1) is 20.4. The van der Waals surface area contributed by atoms with Crippen molar-refractivity contribution in [1.82, 2.24) is 15.5 Å². The second-order valence-corrected chi connectivity index (χ2v) is 5.62. The Morgan fingerprint density at radius 1 is 1.08 bits per heavy atom. The summed E-state index contributed by atoms with van der Waals surface area (Å²) < 4.78 is 0. The van der Waals surface area contributed by atoms with E-state index < -0.39 is 54.8 Å². The van der Waals surface area contributed by atoms with Crippen LogP contribution in [0.4, 0.5) is 0 Å². The lowest BCUT2D eigenvalue weighted by atomic mass is 10.1. The van der Waals surface area contributed by atoms with Crippen LogP contribution in [0.25, 0.3) is 0 Å². The Morgan fingerprint density at radius 2 is 1.76 bits per heavy atom. The van der Waals surface area contributed by atoms with Gasteiger partial charge in [-0.3, -0.25) is 24.0 Å². The van der Waals surface area contributed by atoms with Crippen LogP contribution in [0.5, 0.6) is 0 Å². The molecule has 0 aromatic carbocycles. The van der Waals surface area contributed by atoms with E-state index in [4.69, 9.17) is 15.9 Å². The highest BCUT2D eigenvalue weighted by atomic mass is 16.4. The highest BCUT2D eigenvalue weighted by molar-refractivity contribution is 5.92. The maximum Gasteiger partial charge on any atom is 0.322 e. The summed E-state index contributed by atoms with van der Waals surface area (Å²) in [4.78, 5) is 58.0. The molecule has 0 saturated carbocycles. The van der Waals surface area contributed by atoms with Crippen LogP contribution in [-0.2, 0) is 24.0 Å². The molecule has 3 amide bonds. The van der Waals surface area contributed by atoms with Crippen molar-refractivity contribution in [2.45, 2.75) is 37.8 Å². The molecule has 1 heterocycles. The predicted molar refractivity (Wildman–Crippen MR) is 83.2 cm³/mol. The fourth-order valence-corrected chi connectivity index (χ4v) is 2.44. The fraction of sp³-hybridized carbons (Fsp3) is 0.643. The van der Waals surface area contributed by atoms with Gasteiger partial charge >= 0.3 is 11.9 Å². The van der Waals surface area contributed by atoms with Gasteiger partial charge in [0.25, 0.3) is 0 Å². The van der Waals surface area contributed by atoms with Crippen LogP contribution in [-0.4, -0.2) is 76.5 Å². The normalized spacial score (nSPS) is 17.6. The van der Waals surface area contributed by atoms with E-state index in [1.807, 2.05) is 0 Å². The van der Waals surface area contributed by atoms with Crippen molar-refractivity contribution in [2.24, 2.45) is 5.73 Å². The second kappa shape index (κ2) is 9.57. The average Bonchev–Trinajstić information content (AvgIpc) is 3.04. The summed E-state index contributed by atoms with van der Waals surface area (Å²) in [7, 11) is 0. The topological polar surface area (TPSA) is 179 Å². The molecular formula is C14H22N4O7. The molecule has 2 unspecified atom stereocenters. The van der Waals surface area contributed by atoms with Gasteiger partial charge < -0.3 is 31.5 Å². The van der Waals surface area contributed by atoms with Crippen molar-refractivity contribution in [2.75, 3.05) is 19.6 Å². The first-order valence-corrected chi connectivity index (χ1v) is 7.76. The molecule has 1 aliphatic heterocycles. The summed E-state index contributed by atoms with van der Waals surface area (Å²) >= 11 is 0.